The molecule has 4 rings (SSSR count). The first-order chi connectivity index (χ1) is 15.5. The van der Waals surface area contributed by atoms with Crippen molar-refractivity contribution >= 4 is 29.3 Å². The number of carbonyl (C=O) groups excluding carboxylic acids is 2. The highest BCUT2D eigenvalue weighted by Gasteiger charge is 2.44. The van der Waals surface area contributed by atoms with E-state index in [1.807, 2.05) is 57.8 Å². The van der Waals surface area contributed by atoms with Crippen molar-refractivity contribution < 1.29 is 14.3 Å². The molecule has 2 aliphatic rings. The van der Waals surface area contributed by atoms with Gasteiger partial charge in [-0.3, -0.25) is 14.7 Å². The van der Waals surface area contributed by atoms with Crippen LogP contribution in [0.1, 0.15) is 68.9 Å². The Morgan fingerprint density at radius 1 is 1.24 bits per heavy atom. The maximum Gasteiger partial charge on any atom is 0.410 e. The van der Waals surface area contributed by atoms with E-state index in [0.717, 1.165) is 42.6 Å². The molecule has 1 atom stereocenters. The van der Waals surface area contributed by atoms with E-state index in [0.29, 0.717) is 23.0 Å². The Morgan fingerprint density at radius 2 is 2.00 bits per heavy atom. The fraction of sp³-hybridized carbons (Fsp3) is 0.500. The average molecular weight is 470 g/mol. The number of hydrogen-bond acceptors (Lipinski definition) is 4. The van der Waals surface area contributed by atoms with Gasteiger partial charge in [-0.1, -0.05) is 11.6 Å². The van der Waals surface area contributed by atoms with E-state index in [4.69, 9.17) is 16.3 Å². The fourth-order valence-corrected chi connectivity index (χ4v) is 5.08. The molecule has 2 amide bonds. The summed E-state index contributed by atoms with van der Waals surface area (Å²) in [4.78, 5) is 33.8. The van der Waals surface area contributed by atoms with Crippen LogP contribution in [0.15, 0.2) is 36.7 Å². The summed E-state index contributed by atoms with van der Waals surface area (Å²) < 4.78 is 5.56. The summed E-state index contributed by atoms with van der Waals surface area (Å²) in [5.41, 5.74) is 2.39. The molecule has 6 nitrogen and oxygen atoms in total. The molecule has 1 unspecified atom stereocenters. The molecule has 33 heavy (non-hydrogen) atoms. The van der Waals surface area contributed by atoms with Gasteiger partial charge in [-0.05, 0) is 95.2 Å². The molecule has 1 fully saturated rings. The number of anilines is 1. The second-order valence-corrected chi connectivity index (χ2v) is 11.0. The lowest BCUT2D eigenvalue weighted by atomic mass is 9.91. The summed E-state index contributed by atoms with van der Waals surface area (Å²) in [5.74, 6) is 0.279. The monoisotopic (exact) mass is 469 g/mol. The number of likely N-dealkylation sites (tertiary alicyclic amines) is 1. The van der Waals surface area contributed by atoms with Crippen molar-refractivity contribution in [1.29, 1.82) is 0 Å². The molecular weight excluding hydrogens is 438 g/mol. The zero-order valence-electron chi connectivity index (χ0n) is 20.0. The fourth-order valence-electron chi connectivity index (χ4n) is 4.91. The number of benzene rings is 1. The maximum absolute atomic E-state index is 13.3. The van der Waals surface area contributed by atoms with Crippen LogP contribution >= 0.6 is 11.6 Å². The minimum atomic E-state index is -0.532. The van der Waals surface area contributed by atoms with E-state index in [1.54, 1.807) is 23.2 Å². The molecule has 1 saturated heterocycles. The summed E-state index contributed by atoms with van der Waals surface area (Å²) in [5, 5.41) is 0.621. The Labute approximate surface area is 200 Å². The SMILES string of the molecule is CC(C)(C)OC(=O)N1CCCC(Cc2cncc(N3C(=O)c4ccc(Cl)cc4C3(C)C)c2)C1. The molecule has 0 aliphatic carbocycles. The van der Waals surface area contributed by atoms with Gasteiger partial charge in [0.1, 0.15) is 5.60 Å². The quantitative estimate of drug-likeness (QED) is 0.568. The number of pyridine rings is 1. The van der Waals surface area contributed by atoms with E-state index in [9.17, 15) is 9.59 Å². The van der Waals surface area contributed by atoms with Crippen molar-refractivity contribution in [3.63, 3.8) is 0 Å². The third-order valence-corrected chi connectivity index (χ3v) is 6.60. The summed E-state index contributed by atoms with van der Waals surface area (Å²) in [6.07, 6.45) is 6.13. The second-order valence-electron chi connectivity index (χ2n) is 10.6. The molecule has 2 aliphatic heterocycles. The number of carbonyl (C=O) groups is 2. The van der Waals surface area contributed by atoms with Crippen LogP contribution in [0.5, 0.6) is 0 Å². The Hall–Kier alpha value is -2.60. The Morgan fingerprint density at radius 3 is 2.73 bits per heavy atom. The van der Waals surface area contributed by atoms with Crippen molar-refractivity contribution in [3.8, 4) is 0 Å². The van der Waals surface area contributed by atoms with Crippen molar-refractivity contribution in [2.45, 2.75) is 65.0 Å². The van der Waals surface area contributed by atoms with Gasteiger partial charge < -0.3 is 9.64 Å². The molecule has 2 aromatic rings. The molecule has 1 aromatic carbocycles. The van der Waals surface area contributed by atoms with Crippen LogP contribution in [0.4, 0.5) is 10.5 Å². The van der Waals surface area contributed by atoms with Crippen LogP contribution in [0.3, 0.4) is 0 Å². The molecule has 0 bridgehead atoms. The van der Waals surface area contributed by atoms with E-state index in [2.05, 4.69) is 4.98 Å². The maximum atomic E-state index is 13.3. The Kier molecular flexibility index (Phi) is 6.16. The number of piperidine rings is 1. The number of halogens is 1. The van der Waals surface area contributed by atoms with E-state index in [-0.39, 0.29) is 12.0 Å². The summed E-state index contributed by atoms with van der Waals surface area (Å²) in [6.45, 7) is 11.1. The third kappa shape index (κ3) is 4.86. The molecular formula is C26H32ClN3O3. The van der Waals surface area contributed by atoms with E-state index in [1.165, 1.54) is 0 Å². The zero-order valence-corrected chi connectivity index (χ0v) is 20.8. The predicted octanol–water partition coefficient (Wildman–Crippen LogP) is 5.82. The van der Waals surface area contributed by atoms with Gasteiger partial charge in [0.05, 0.1) is 17.4 Å². The number of ether oxygens (including phenoxy) is 1. The molecule has 0 radical (unpaired) electrons. The van der Waals surface area contributed by atoms with Gasteiger partial charge in [-0.2, -0.15) is 0 Å². The predicted molar refractivity (Wildman–Crippen MR) is 130 cm³/mol. The third-order valence-electron chi connectivity index (χ3n) is 6.37. The molecule has 1 aromatic heterocycles. The summed E-state index contributed by atoms with van der Waals surface area (Å²) in [6, 6.07) is 7.48. The minimum absolute atomic E-state index is 0.0422. The number of rotatable bonds is 3. The molecule has 0 N–H and O–H groups in total. The van der Waals surface area contributed by atoms with Crippen LogP contribution in [-0.2, 0) is 16.7 Å². The average Bonchev–Trinajstić information content (AvgIpc) is 2.92. The lowest BCUT2D eigenvalue weighted by molar-refractivity contribution is 0.0166. The number of nitrogens with zero attached hydrogens (tertiary/aromatic N) is 3. The first kappa shape index (κ1) is 23.6. The Balaban J connectivity index is 1.51. The molecule has 0 saturated carbocycles. The molecule has 0 spiro atoms. The van der Waals surface area contributed by atoms with Crippen molar-refractivity contribution in [1.82, 2.24) is 9.88 Å². The lowest BCUT2D eigenvalue weighted by Crippen LogP contribution is -2.43. The van der Waals surface area contributed by atoms with Crippen LogP contribution in [0, 0.1) is 5.92 Å². The minimum Gasteiger partial charge on any atom is -0.444 e. The van der Waals surface area contributed by atoms with Crippen LogP contribution in [-0.4, -0.2) is 40.6 Å². The van der Waals surface area contributed by atoms with Gasteiger partial charge in [0.15, 0.2) is 0 Å². The first-order valence-electron chi connectivity index (χ1n) is 11.5. The van der Waals surface area contributed by atoms with Crippen LogP contribution in [0.25, 0.3) is 0 Å². The van der Waals surface area contributed by atoms with Crippen molar-refractivity contribution in [3.05, 3.63) is 58.4 Å². The normalized spacial score (nSPS) is 20.1. The highest BCUT2D eigenvalue weighted by molar-refractivity contribution is 6.31. The zero-order chi connectivity index (χ0) is 24.0. The lowest BCUT2D eigenvalue weighted by Gasteiger charge is -2.34. The van der Waals surface area contributed by atoms with Gasteiger partial charge in [0.25, 0.3) is 5.91 Å². The van der Waals surface area contributed by atoms with Crippen molar-refractivity contribution in [2.24, 2.45) is 5.92 Å². The van der Waals surface area contributed by atoms with Gasteiger partial charge in [0, 0.05) is 29.9 Å². The van der Waals surface area contributed by atoms with Gasteiger partial charge >= 0.3 is 6.09 Å². The van der Waals surface area contributed by atoms with Gasteiger partial charge in [-0.25, -0.2) is 4.79 Å². The highest BCUT2D eigenvalue weighted by atomic mass is 35.5. The molecule has 3 heterocycles. The Bertz CT molecular complexity index is 1080. The first-order valence-corrected chi connectivity index (χ1v) is 11.9. The molecule has 7 heteroatoms. The van der Waals surface area contributed by atoms with Crippen LogP contribution < -0.4 is 4.90 Å². The topological polar surface area (TPSA) is 62.7 Å². The summed E-state index contributed by atoms with van der Waals surface area (Å²) >= 11 is 6.22. The van der Waals surface area contributed by atoms with Crippen molar-refractivity contribution in [2.75, 3.05) is 18.0 Å². The highest BCUT2D eigenvalue weighted by Crippen LogP contribution is 2.42. The number of amides is 2. The van der Waals surface area contributed by atoms with Gasteiger partial charge in [0.2, 0.25) is 0 Å². The standard InChI is InChI=1S/C26H32ClN3O3/c1-25(2,3)33-24(32)29-10-6-7-17(16-29)11-18-12-20(15-28-14-18)30-23(31)21-9-8-19(27)13-22(21)26(30,4)5/h8-9,12-15,17H,6-7,10-11,16H2,1-5H3. The number of aromatic nitrogens is 1. The smallest absolute Gasteiger partial charge is 0.410 e. The number of fused-ring (bicyclic) bond motifs is 1. The molecule has 176 valence electrons. The van der Waals surface area contributed by atoms with E-state index >= 15 is 0 Å². The summed E-state index contributed by atoms with van der Waals surface area (Å²) in [7, 11) is 0. The largest absolute Gasteiger partial charge is 0.444 e. The number of hydrogen-bond donors (Lipinski definition) is 0. The second kappa shape index (κ2) is 8.64. The van der Waals surface area contributed by atoms with Crippen LogP contribution in [0.2, 0.25) is 5.02 Å². The van der Waals surface area contributed by atoms with Gasteiger partial charge in [-0.15, -0.1) is 0 Å². The van der Waals surface area contributed by atoms with E-state index < -0.39 is 11.1 Å².